The van der Waals surface area contributed by atoms with E-state index in [2.05, 4.69) is 15.0 Å². The number of rotatable bonds is 1. The number of aryl methyl sites for hydroxylation is 1. The highest BCUT2D eigenvalue weighted by molar-refractivity contribution is 5.75. The molecule has 0 aromatic carbocycles. The number of nitrogens with two attached hydrogens (primary N) is 1. The van der Waals surface area contributed by atoms with Crippen molar-refractivity contribution in [3.63, 3.8) is 0 Å². The Morgan fingerprint density at radius 3 is 2.74 bits per heavy atom. The van der Waals surface area contributed by atoms with Crippen LogP contribution in [-0.2, 0) is 0 Å². The van der Waals surface area contributed by atoms with E-state index in [0.29, 0.717) is 28.5 Å². The van der Waals surface area contributed by atoms with Crippen LogP contribution in [0.3, 0.4) is 0 Å². The van der Waals surface area contributed by atoms with Crippen molar-refractivity contribution in [2.75, 3.05) is 5.73 Å². The predicted molar refractivity (Wildman–Crippen MR) is 75.5 cm³/mol. The third-order valence-corrected chi connectivity index (χ3v) is 2.45. The summed E-state index contributed by atoms with van der Waals surface area (Å²) in [6.45, 7) is 5.94. The van der Waals surface area contributed by atoms with Gasteiger partial charge in [-0.15, -0.1) is 0 Å². The van der Waals surface area contributed by atoms with Crippen molar-refractivity contribution >= 4 is 17.0 Å². The summed E-state index contributed by atoms with van der Waals surface area (Å²) in [7, 11) is 0. The monoisotopic (exact) mass is 256 g/mol. The van der Waals surface area contributed by atoms with Crippen LogP contribution in [0.2, 0.25) is 0 Å². The van der Waals surface area contributed by atoms with E-state index in [1.165, 1.54) is 0 Å². The number of nitrogen functional groups attached to an aromatic ring is 1. The SMILES string of the molecule is CC.Cc1cnc(N)c(-c2nc3ncccc3o2)c1. The largest absolute Gasteiger partial charge is 0.434 e. The molecule has 3 rings (SSSR count). The fraction of sp³-hybridized carbons (Fsp3) is 0.214. The van der Waals surface area contributed by atoms with E-state index in [-0.39, 0.29) is 0 Å². The standard InChI is InChI=1S/C12H10N4O.C2H6/c1-7-5-8(10(13)15-6-7)12-16-11-9(17-12)3-2-4-14-11;1-2/h2-6H,1H3,(H2,13,15);1-2H3. The molecule has 0 saturated heterocycles. The van der Waals surface area contributed by atoms with Crippen molar-refractivity contribution in [3.8, 4) is 11.5 Å². The second-order valence-corrected chi connectivity index (χ2v) is 3.79. The van der Waals surface area contributed by atoms with Gasteiger partial charge in [0.25, 0.3) is 0 Å². The molecule has 0 radical (unpaired) electrons. The van der Waals surface area contributed by atoms with Crippen LogP contribution in [-0.4, -0.2) is 15.0 Å². The molecule has 0 aliphatic carbocycles. The summed E-state index contributed by atoms with van der Waals surface area (Å²) >= 11 is 0. The third-order valence-electron chi connectivity index (χ3n) is 2.45. The first-order chi connectivity index (χ1) is 9.24. The van der Waals surface area contributed by atoms with E-state index in [9.17, 15) is 0 Å². The predicted octanol–water partition coefficient (Wildman–Crippen LogP) is 3.20. The maximum Gasteiger partial charge on any atom is 0.232 e. The highest BCUT2D eigenvalue weighted by atomic mass is 16.3. The molecule has 0 aliphatic heterocycles. The van der Waals surface area contributed by atoms with Crippen molar-refractivity contribution < 1.29 is 4.42 Å². The molecule has 0 bridgehead atoms. The number of pyridine rings is 2. The van der Waals surface area contributed by atoms with Crippen LogP contribution in [0.4, 0.5) is 5.82 Å². The van der Waals surface area contributed by atoms with Gasteiger partial charge < -0.3 is 10.2 Å². The Bertz CT molecular complexity index is 658. The Labute approximate surface area is 111 Å². The molecule has 0 unspecified atom stereocenters. The maximum atomic E-state index is 5.81. The quantitative estimate of drug-likeness (QED) is 0.723. The van der Waals surface area contributed by atoms with Gasteiger partial charge in [-0.05, 0) is 30.7 Å². The van der Waals surface area contributed by atoms with Crippen LogP contribution < -0.4 is 5.73 Å². The van der Waals surface area contributed by atoms with Gasteiger partial charge in [-0.3, -0.25) is 0 Å². The van der Waals surface area contributed by atoms with Crippen molar-refractivity contribution in [1.29, 1.82) is 0 Å². The van der Waals surface area contributed by atoms with Crippen LogP contribution in [0, 0.1) is 6.92 Å². The zero-order chi connectivity index (χ0) is 13.8. The first kappa shape index (κ1) is 13.0. The number of nitrogens with zero attached hydrogens (tertiary/aromatic N) is 3. The van der Waals surface area contributed by atoms with Crippen molar-refractivity contribution in [3.05, 3.63) is 36.2 Å². The number of aromatic nitrogens is 3. The summed E-state index contributed by atoms with van der Waals surface area (Å²) in [5.74, 6) is 0.856. The van der Waals surface area contributed by atoms with Crippen LogP contribution >= 0.6 is 0 Å². The first-order valence-electron chi connectivity index (χ1n) is 6.18. The number of hydrogen-bond donors (Lipinski definition) is 1. The third kappa shape index (κ3) is 2.54. The highest BCUT2D eigenvalue weighted by Crippen LogP contribution is 2.26. The molecular weight excluding hydrogens is 240 g/mol. The van der Waals surface area contributed by atoms with Crippen molar-refractivity contribution in [1.82, 2.24) is 15.0 Å². The van der Waals surface area contributed by atoms with Gasteiger partial charge in [0.05, 0.1) is 5.56 Å². The minimum Gasteiger partial charge on any atom is -0.434 e. The molecule has 0 atom stereocenters. The average Bonchev–Trinajstić information content (AvgIpc) is 2.87. The van der Waals surface area contributed by atoms with Gasteiger partial charge in [0.1, 0.15) is 5.82 Å². The first-order valence-corrected chi connectivity index (χ1v) is 6.18. The minimum atomic E-state index is 0.405. The van der Waals surface area contributed by atoms with Gasteiger partial charge in [0, 0.05) is 12.4 Å². The lowest BCUT2D eigenvalue weighted by atomic mass is 10.2. The summed E-state index contributed by atoms with van der Waals surface area (Å²) in [5.41, 5.74) is 8.73. The molecule has 5 nitrogen and oxygen atoms in total. The number of hydrogen-bond acceptors (Lipinski definition) is 5. The second-order valence-electron chi connectivity index (χ2n) is 3.79. The summed E-state index contributed by atoms with van der Waals surface area (Å²) in [5, 5.41) is 0. The zero-order valence-electron chi connectivity index (χ0n) is 11.2. The van der Waals surface area contributed by atoms with Gasteiger partial charge >= 0.3 is 0 Å². The van der Waals surface area contributed by atoms with Crippen molar-refractivity contribution in [2.45, 2.75) is 20.8 Å². The summed E-state index contributed by atoms with van der Waals surface area (Å²) in [6, 6.07) is 5.51. The molecule has 5 heteroatoms. The summed E-state index contributed by atoms with van der Waals surface area (Å²) in [6.07, 6.45) is 3.38. The highest BCUT2D eigenvalue weighted by Gasteiger charge is 2.12. The molecule has 0 spiro atoms. The fourth-order valence-corrected chi connectivity index (χ4v) is 1.64. The van der Waals surface area contributed by atoms with Crippen LogP contribution in [0.25, 0.3) is 22.7 Å². The van der Waals surface area contributed by atoms with E-state index in [1.807, 2.05) is 32.9 Å². The molecule has 3 aromatic rings. The Kier molecular flexibility index (Phi) is 3.75. The molecule has 0 aliphatic rings. The van der Waals surface area contributed by atoms with E-state index in [4.69, 9.17) is 10.2 Å². The van der Waals surface area contributed by atoms with Crippen LogP contribution in [0.5, 0.6) is 0 Å². The summed E-state index contributed by atoms with van der Waals surface area (Å²) < 4.78 is 5.60. The lowest BCUT2D eigenvalue weighted by Crippen LogP contribution is -1.94. The number of oxazole rings is 1. The summed E-state index contributed by atoms with van der Waals surface area (Å²) in [4.78, 5) is 12.5. The average molecular weight is 256 g/mol. The molecule has 98 valence electrons. The maximum absolute atomic E-state index is 5.81. The Balaban J connectivity index is 0.000000637. The molecule has 3 heterocycles. The Hall–Kier alpha value is -2.43. The molecule has 0 saturated carbocycles. The molecule has 0 amide bonds. The van der Waals surface area contributed by atoms with Gasteiger partial charge in [-0.2, -0.15) is 4.98 Å². The van der Waals surface area contributed by atoms with E-state index < -0.39 is 0 Å². The lowest BCUT2D eigenvalue weighted by Gasteiger charge is -2.00. The van der Waals surface area contributed by atoms with E-state index in [1.54, 1.807) is 18.5 Å². The van der Waals surface area contributed by atoms with Gasteiger partial charge in [0.2, 0.25) is 5.89 Å². The molecule has 19 heavy (non-hydrogen) atoms. The smallest absolute Gasteiger partial charge is 0.232 e. The topological polar surface area (TPSA) is 77.8 Å². The van der Waals surface area contributed by atoms with Gasteiger partial charge in [-0.1, -0.05) is 13.8 Å². The lowest BCUT2D eigenvalue weighted by molar-refractivity contribution is 0.619. The molecule has 3 aromatic heterocycles. The zero-order valence-corrected chi connectivity index (χ0v) is 11.2. The van der Waals surface area contributed by atoms with E-state index >= 15 is 0 Å². The minimum absolute atomic E-state index is 0.405. The van der Waals surface area contributed by atoms with E-state index in [0.717, 1.165) is 5.56 Å². The normalized spacial score (nSPS) is 10.1. The second kappa shape index (κ2) is 5.48. The number of fused-ring (bicyclic) bond motifs is 1. The Morgan fingerprint density at radius 1 is 1.21 bits per heavy atom. The van der Waals surface area contributed by atoms with Crippen LogP contribution in [0.1, 0.15) is 19.4 Å². The fourth-order valence-electron chi connectivity index (χ4n) is 1.64. The number of anilines is 1. The van der Waals surface area contributed by atoms with Gasteiger partial charge in [-0.25, -0.2) is 9.97 Å². The Morgan fingerprint density at radius 2 is 2.00 bits per heavy atom. The molecule has 0 fully saturated rings. The van der Waals surface area contributed by atoms with Crippen molar-refractivity contribution in [2.24, 2.45) is 0 Å². The van der Waals surface area contributed by atoms with Gasteiger partial charge in [0.15, 0.2) is 11.2 Å². The molecular formula is C14H16N4O. The molecule has 2 N–H and O–H groups in total. The van der Waals surface area contributed by atoms with Crippen LogP contribution in [0.15, 0.2) is 35.0 Å².